The summed E-state index contributed by atoms with van der Waals surface area (Å²) in [6.45, 7) is 6.35. The third kappa shape index (κ3) is 49.0. The van der Waals surface area contributed by atoms with Crippen molar-refractivity contribution in [3.63, 3.8) is 0 Å². The largest absolute Gasteiger partial charge is 0.462 e. The van der Waals surface area contributed by atoms with E-state index in [0.717, 1.165) is 83.5 Å². The van der Waals surface area contributed by atoms with E-state index in [4.69, 9.17) is 14.2 Å². The van der Waals surface area contributed by atoms with Crippen molar-refractivity contribution in [1.82, 2.24) is 0 Å². The Kier molecular flexibility index (Phi) is 47.5. The van der Waals surface area contributed by atoms with Gasteiger partial charge in [0.15, 0.2) is 6.10 Å². The van der Waals surface area contributed by atoms with Gasteiger partial charge in [-0.1, -0.05) is 201 Å². The fourth-order valence-corrected chi connectivity index (χ4v) is 6.45. The molecule has 0 aromatic rings. The van der Waals surface area contributed by atoms with Gasteiger partial charge in [-0.15, -0.1) is 0 Å². The van der Waals surface area contributed by atoms with Crippen LogP contribution in [-0.2, 0) is 28.6 Å². The van der Waals surface area contributed by atoms with E-state index in [1.807, 2.05) is 12.2 Å². The Balaban J connectivity index is 4.57. The zero-order valence-corrected chi connectivity index (χ0v) is 40.5. The molecular formula is C57H92O6. The van der Waals surface area contributed by atoms with Crippen molar-refractivity contribution < 1.29 is 28.6 Å². The molecule has 356 valence electrons. The molecule has 1 unspecified atom stereocenters. The molecule has 0 rings (SSSR count). The second-order valence-electron chi connectivity index (χ2n) is 16.3. The number of ether oxygens (including phenoxy) is 3. The summed E-state index contributed by atoms with van der Waals surface area (Å²) < 4.78 is 16.6. The summed E-state index contributed by atoms with van der Waals surface area (Å²) in [6, 6.07) is 0. The molecule has 63 heavy (non-hydrogen) atoms. The molecule has 0 aliphatic carbocycles. The molecule has 0 spiro atoms. The van der Waals surface area contributed by atoms with Gasteiger partial charge in [0.1, 0.15) is 13.2 Å². The molecule has 0 N–H and O–H groups in total. The van der Waals surface area contributed by atoms with Crippen molar-refractivity contribution >= 4 is 17.9 Å². The molecule has 6 heteroatoms. The van der Waals surface area contributed by atoms with Crippen LogP contribution >= 0.6 is 0 Å². The minimum atomic E-state index is -0.845. The summed E-state index contributed by atoms with van der Waals surface area (Å²) >= 11 is 0. The lowest BCUT2D eigenvalue weighted by Crippen LogP contribution is -2.30. The van der Waals surface area contributed by atoms with Crippen LogP contribution in [0.15, 0.2) is 109 Å². The van der Waals surface area contributed by atoms with Gasteiger partial charge in [-0.05, 0) is 103 Å². The minimum Gasteiger partial charge on any atom is -0.462 e. The van der Waals surface area contributed by atoms with Gasteiger partial charge in [-0.25, -0.2) is 0 Å². The van der Waals surface area contributed by atoms with Crippen molar-refractivity contribution in [3.05, 3.63) is 109 Å². The molecule has 0 aromatic heterocycles. The summed E-state index contributed by atoms with van der Waals surface area (Å²) in [4.78, 5) is 37.8. The van der Waals surface area contributed by atoms with E-state index in [-0.39, 0.29) is 38.0 Å². The third-order valence-electron chi connectivity index (χ3n) is 10.3. The van der Waals surface area contributed by atoms with Gasteiger partial charge in [0.25, 0.3) is 0 Å². The van der Waals surface area contributed by atoms with E-state index in [0.29, 0.717) is 19.3 Å². The average Bonchev–Trinajstić information content (AvgIpc) is 3.28. The molecule has 0 aliphatic rings. The molecule has 0 fully saturated rings. The first-order valence-corrected chi connectivity index (χ1v) is 25.4. The number of unbranched alkanes of at least 4 members (excludes halogenated alkanes) is 15. The van der Waals surface area contributed by atoms with Gasteiger partial charge in [0, 0.05) is 19.3 Å². The highest BCUT2D eigenvalue weighted by molar-refractivity contribution is 5.71. The molecule has 0 aromatic carbocycles. The fraction of sp³-hybridized carbons (Fsp3) is 0.632. The zero-order chi connectivity index (χ0) is 45.8. The molecule has 0 aliphatic heterocycles. The molecule has 6 nitrogen and oxygen atoms in total. The molecule has 0 saturated carbocycles. The lowest BCUT2D eigenvalue weighted by Gasteiger charge is -2.18. The van der Waals surface area contributed by atoms with E-state index >= 15 is 0 Å². The first kappa shape index (κ1) is 59.1. The number of carbonyl (C=O) groups is 3. The van der Waals surface area contributed by atoms with Gasteiger partial charge < -0.3 is 14.2 Å². The van der Waals surface area contributed by atoms with E-state index < -0.39 is 12.1 Å². The normalized spacial score (nSPS) is 13.0. The second kappa shape index (κ2) is 50.7. The summed E-state index contributed by atoms with van der Waals surface area (Å²) in [6.07, 6.45) is 68.1. The monoisotopic (exact) mass is 873 g/mol. The Morgan fingerprint density at radius 3 is 1.06 bits per heavy atom. The van der Waals surface area contributed by atoms with Crippen LogP contribution in [0.25, 0.3) is 0 Å². The second-order valence-corrected chi connectivity index (χ2v) is 16.3. The Morgan fingerprint density at radius 2 is 0.651 bits per heavy atom. The highest BCUT2D eigenvalue weighted by Crippen LogP contribution is 2.11. The molecule has 1 atom stereocenters. The summed E-state index contributed by atoms with van der Waals surface area (Å²) in [5, 5.41) is 0. The van der Waals surface area contributed by atoms with Gasteiger partial charge in [-0.3, -0.25) is 14.4 Å². The first-order chi connectivity index (χ1) is 31.0. The van der Waals surface area contributed by atoms with Crippen LogP contribution in [0.2, 0.25) is 0 Å². The van der Waals surface area contributed by atoms with Crippen molar-refractivity contribution in [3.8, 4) is 0 Å². The number of allylic oxidation sites excluding steroid dienone is 18. The smallest absolute Gasteiger partial charge is 0.306 e. The molecule has 0 radical (unpaired) electrons. The Labute approximate surface area is 387 Å². The SMILES string of the molecule is CC/C=C\C/C=C\C/C=C\C/C=C\C/C=C\CCCCCC(=O)OCC(COC(=O)CC/C=C\C/C=C\CCCCCCCC)OC(=O)CC/C=C\C/C=C\CCCCCCCC. The standard InChI is InChI=1S/C57H92O6/c1-4-7-10-13-16-19-22-25-26-27-28-29-30-33-35-38-41-44-47-50-56(59)62-53-54(63-57(60)51-48-45-42-39-36-32-24-21-18-15-12-9-6-3)52-61-55(58)49-46-43-40-37-34-31-23-20-17-14-11-8-5-2/h7,10,16,19,25-26,28-29,31-36,40,42-43,45,54H,4-6,8-9,11-15,17-18,20-24,27,30,37-39,41,44,46-53H2,1-3H3/b10-7-,19-16-,26-25-,29-28-,34-31-,35-33-,36-32-,43-40-,45-42-. The van der Waals surface area contributed by atoms with E-state index in [9.17, 15) is 14.4 Å². The molecule has 0 saturated heterocycles. The van der Waals surface area contributed by atoms with Crippen molar-refractivity contribution in [2.24, 2.45) is 0 Å². The Bertz CT molecular complexity index is 1330. The summed E-state index contributed by atoms with van der Waals surface area (Å²) in [5.41, 5.74) is 0. The average molecular weight is 873 g/mol. The number of rotatable bonds is 44. The van der Waals surface area contributed by atoms with Crippen molar-refractivity contribution in [2.75, 3.05) is 13.2 Å². The van der Waals surface area contributed by atoms with Gasteiger partial charge in [0.05, 0.1) is 0 Å². The quantitative estimate of drug-likeness (QED) is 0.0263. The molecule has 0 heterocycles. The first-order valence-electron chi connectivity index (χ1n) is 25.4. The van der Waals surface area contributed by atoms with Crippen molar-refractivity contribution in [2.45, 2.75) is 219 Å². The van der Waals surface area contributed by atoms with Crippen LogP contribution in [0, 0.1) is 0 Å². The predicted molar refractivity (Wildman–Crippen MR) is 270 cm³/mol. The van der Waals surface area contributed by atoms with Crippen LogP contribution < -0.4 is 0 Å². The highest BCUT2D eigenvalue weighted by atomic mass is 16.6. The number of carbonyl (C=O) groups excluding carboxylic acids is 3. The summed E-state index contributed by atoms with van der Waals surface area (Å²) in [7, 11) is 0. The maximum atomic E-state index is 12.7. The Hall–Kier alpha value is -3.93. The lowest BCUT2D eigenvalue weighted by atomic mass is 10.1. The zero-order valence-electron chi connectivity index (χ0n) is 40.5. The summed E-state index contributed by atoms with van der Waals surface area (Å²) in [5.74, 6) is -1.11. The van der Waals surface area contributed by atoms with Crippen LogP contribution in [-0.4, -0.2) is 37.2 Å². The van der Waals surface area contributed by atoms with Crippen LogP contribution in [0.5, 0.6) is 0 Å². The minimum absolute atomic E-state index is 0.137. The molecular weight excluding hydrogens is 781 g/mol. The highest BCUT2D eigenvalue weighted by Gasteiger charge is 2.19. The predicted octanol–water partition coefficient (Wildman–Crippen LogP) is 16.8. The van der Waals surface area contributed by atoms with Gasteiger partial charge in [0.2, 0.25) is 0 Å². The lowest BCUT2D eigenvalue weighted by molar-refractivity contribution is -0.166. The maximum Gasteiger partial charge on any atom is 0.306 e. The number of esters is 3. The maximum absolute atomic E-state index is 12.7. The van der Waals surface area contributed by atoms with Crippen molar-refractivity contribution in [1.29, 1.82) is 0 Å². The van der Waals surface area contributed by atoms with Gasteiger partial charge in [-0.2, -0.15) is 0 Å². The Morgan fingerprint density at radius 1 is 0.333 bits per heavy atom. The van der Waals surface area contributed by atoms with E-state index in [1.54, 1.807) is 0 Å². The van der Waals surface area contributed by atoms with Gasteiger partial charge >= 0.3 is 17.9 Å². The third-order valence-corrected chi connectivity index (χ3v) is 10.3. The molecule has 0 amide bonds. The fourth-order valence-electron chi connectivity index (χ4n) is 6.45. The van der Waals surface area contributed by atoms with E-state index in [2.05, 4.69) is 118 Å². The van der Waals surface area contributed by atoms with Crippen LogP contribution in [0.3, 0.4) is 0 Å². The van der Waals surface area contributed by atoms with E-state index in [1.165, 1.54) is 77.0 Å². The number of hydrogen-bond acceptors (Lipinski definition) is 6. The topological polar surface area (TPSA) is 78.9 Å². The molecule has 0 bridgehead atoms. The van der Waals surface area contributed by atoms with Crippen LogP contribution in [0.1, 0.15) is 213 Å². The van der Waals surface area contributed by atoms with Crippen LogP contribution in [0.4, 0.5) is 0 Å². The number of hydrogen-bond donors (Lipinski definition) is 0.